The molecular weight excluding hydrogens is 356 g/mol. The van der Waals surface area contributed by atoms with E-state index in [4.69, 9.17) is 11.5 Å². The second-order valence-corrected chi connectivity index (χ2v) is 6.87. The zero-order valence-electron chi connectivity index (χ0n) is 15.4. The number of aryl methyl sites for hydroxylation is 1. The molecule has 0 spiro atoms. The van der Waals surface area contributed by atoms with Gasteiger partial charge in [0, 0.05) is 43.3 Å². The molecule has 9 heteroatoms. The maximum Gasteiger partial charge on any atom is 0.281 e. The van der Waals surface area contributed by atoms with Crippen LogP contribution in [0.3, 0.4) is 0 Å². The molecule has 1 saturated carbocycles. The van der Waals surface area contributed by atoms with Crippen molar-refractivity contribution < 1.29 is 4.79 Å². The van der Waals surface area contributed by atoms with E-state index in [9.17, 15) is 4.79 Å². The minimum atomic E-state index is -0.389. The lowest BCUT2D eigenvalue weighted by Gasteiger charge is -2.16. The minimum absolute atomic E-state index is 0.134. The molecule has 0 aromatic carbocycles. The summed E-state index contributed by atoms with van der Waals surface area (Å²) in [7, 11) is 1.75. The van der Waals surface area contributed by atoms with E-state index in [0.29, 0.717) is 17.3 Å². The quantitative estimate of drug-likeness (QED) is 0.509. The zero-order chi connectivity index (χ0) is 19.7. The second kappa shape index (κ2) is 7.18. The molecule has 9 nitrogen and oxygen atoms in total. The highest BCUT2D eigenvalue weighted by Crippen LogP contribution is 2.42. The van der Waals surface area contributed by atoms with Crippen LogP contribution < -0.4 is 11.5 Å². The van der Waals surface area contributed by atoms with Gasteiger partial charge >= 0.3 is 0 Å². The fourth-order valence-electron chi connectivity index (χ4n) is 3.13. The van der Waals surface area contributed by atoms with E-state index in [1.807, 2.05) is 12.1 Å². The third kappa shape index (κ3) is 3.73. The fraction of sp³-hybridized carbons (Fsp3) is 0.263. The second-order valence-electron chi connectivity index (χ2n) is 6.87. The SMILES string of the molecule is Cn1cc(C(=O)N=C(N)C(c2ccc(-c3cnc(N)nc3)nc2)C2CC2)cn1. The van der Waals surface area contributed by atoms with E-state index in [1.165, 1.54) is 6.20 Å². The van der Waals surface area contributed by atoms with Crippen LogP contribution in [0.2, 0.25) is 0 Å². The smallest absolute Gasteiger partial charge is 0.281 e. The van der Waals surface area contributed by atoms with E-state index in [0.717, 1.165) is 29.7 Å². The first-order valence-electron chi connectivity index (χ1n) is 8.92. The van der Waals surface area contributed by atoms with Crippen LogP contribution in [0.25, 0.3) is 11.3 Å². The number of amides is 1. The maximum atomic E-state index is 12.4. The van der Waals surface area contributed by atoms with Crippen molar-refractivity contribution in [3.8, 4) is 11.3 Å². The van der Waals surface area contributed by atoms with Gasteiger partial charge < -0.3 is 11.5 Å². The van der Waals surface area contributed by atoms with Crippen molar-refractivity contribution in [3.05, 3.63) is 54.2 Å². The average molecular weight is 376 g/mol. The molecule has 1 fully saturated rings. The van der Waals surface area contributed by atoms with Crippen LogP contribution in [0.15, 0.2) is 48.1 Å². The largest absolute Gasteiger partial charge is 0.387 e. The van der Waals surface area contributed by atoms with E-state index in [2.05, 4.69) is 25.0 Å². The van der Waals surface area contributed by atoms with Crippen molar-refractivity contribution in [1.82, 2.24) is 24.7 Å². The zero-order valence-corrected chi connectivity index (χ0v) is 15.4. The molecule has 3 aromatic rings. The van der Waals surface area contributed by atoms with Crippen LogP contribution in [0.5, 0.6) is 0 Å². The molecule has 0 bridgehead atoms. The van der Waals surface area contributed by atoms with Gasteiger partial charge in [-0.05, 0) is 30.4 Å². The third-order valence-corrected chi connectivity index (χ3v) is 4.71. The predicted octanol–water partition coefficient (Wildman–Crippen LogP) is 1.55. The van der Waals surface area contributed by atoms with Crippen molar-refractivity contribution in [2.24, 2.45) is 23.7 Å². The Labute approximate surface area is 161 Å². The molecule has 28 heavy (non-hydrogen) atoms. The highest BCUT2D eigenvalue weighted by Gasteiger charge is 2.35. The lowest BCUT2D eigenvalue weighted by molar-refractivity contribution is 0.100. The number of carbonyl (C=O) groups excluding carboxylic acids is 1. The first-order chi connectivity index (χ1) is 13.5. The number of nitrogens with zero attached hydrogens (tertiary/aromatic N) is 6. The maximum absolute atomic E-state index is 12.4. The molecule has 1 aliphatic carbocycles. The Bertz CT molecular complexity index is 1020. The Morgan fingerprint density at radius 3 is 2.50 bits per heavy atom. The van der Waals surface area contributed by atoms with Gasteiger partial charge in [0.2, 0.25) is 5.95 Å². The molecule has 3 aromatic heterocycles. The molecular formula is C19H20N8O. The minimum Gasteiger partial charge on any atom is -0.387 e. The molecule has 3 heterocycles. The van der Waals surface area contributed by atoms with Crippen LogP contribution in [-0.4, -0.2) is 36.5 Å². The Kier molecular flexibility index (Phi) is 4.56. The Morgan fingerprint density at radius 1 is 1.18 bits per heavy atom. The van der Waals surface area contributed by atoms with Gasteiger partial charge in [-0.2, -0.15) is 10.1 Å². The Hall–Kier alpha value is -3.62. The van der Waals surface area contributed by atoms with Crippen molar-refractivity contribution in [2.45, 2.75) is 18.8 Å². The van der Waals surface area contributed by atoms with Gasteiger partial charge in [0.25, 0.3) is 5.91 Å². The molecule has 1 unspecified atom stereocenters. The van der Waals surface area contributed by atoms with E-state index >= 15 is 0 Å². The van der Waals surface area contributed by atoms with Gasteiger partial charge in [0.1, 0.15) is 5.84 Å². The molecule has 1 atom stereocenters. The highest BCUT2D eigenvalue weighted by atomic mass is 16.1. The van der Waals surface area contributed by atoms with Gasteiger partial charge in [-0.1, -0.05) is 6.07 Å². The van der Waals surface area contributed by atoms with Crippen LogP contribution in [0.1, 0.15) is 34.7 Å². The molecule has 4 rings (SSSR count). The molecule has 0 saturated heterocycles. The molecule has 1 aliphatic rings. The van der Waals surface area contributed by atoms with Gasteiger partial charge in [0.15, 0.2) is 0 Å². The number of anilines is 1. The number of nitrogens with two attached hydrogens (primary N) is 2. The summed E-state index contributed by atoms with van der Waals surface area (Å²) < 4.78 is 1.56. The van der Waals surface area contributed by atoms with Crippen LogP contribution in [-0.2, 0) is 7.05 Å². The van der Waals surface area contributed by atoms with Crippen molar-refractivity contribution in [3.63, 3.8) is 0 Å². The first kappa shape index (κ1) is 17.8. The molecule has 142 valence electrons. The number of amidine groups is 1. The summed E-state index contributed by atoms with van der Waals surface area (Å²) in [6.45, 7) is 0. The number of nitrogen functional groups attached to an aromatic ring is 1. The van der Waals surface area contributed by atoms with Gasteiger partial charge in [-0.15, -0.1) is 0 Å². The van der Waals surface area contributed by atoms with Crippen molar-refractivity contribution in [2.75, 3.05) is 5.73 Å². The van der Waals surface area contributed by atoms with Gasteiger partial charge in [-0.25, -0.2) is 9.97 Å². The lowest BCUT2D eigenvalue weighted by atomic mass is 9.94. The number of rotatable bonds is 5. The lowest BCUT2D eigenvalue weighted by Crippen LogP contribution is -2.25. The standard InChI is InChI=1S/C19H20N8O/c1-27-10-14(9-25-27)18(28)26-17(20)16(11-2-3-11)12-4-5-15(22-6-12)13-7-23-19(21)24-8-13/h4-11,16H,2-3H2,1H3,(H2,20,26,28)(H2,21,23,24). The topological polar surface area (TPSA) is 138 Å². The Balaban J connectivity index is 1.58. The molecule has 0 radical (unpaired) electrons. The van der Waals surface area contributed by atoms with E-state index in [-0.39, 0.29) is 17.8 Å². The average Bonchev–Trinajstić information content (AvgIpc) is 3.42. The first-order valence-corrected chi connectivity index (χ1v) is 8.92. The highest BCUT2D eigenvalue weighted by molar-refractivity contribution is 6.04. The molecule has 1 amide bonds. The van der Waals surface area contributed by atoms with Crippen molar-refractivity contribution in [1.29, 1.82) is 0 Å². The molecule has 4 N–H and O–H groups in total. The van der Waals surface area contributed by atoms with Crippen LogP contribution in [0, 0.1) is 5.92 Å². The number of hydrogen-bond donors (Lipinski definition) is 2. The molecule has 0 aliphatic heterocycles. The third-order valence-electron chi connectivity index (χ3n) is 4.71. The summed E-state index contributed by atoms with van der Waals surface area (Å²) in [5.41, 5.74) is 14.6. The summed E-state index contributed by atoms with van der Waals surface area (Å²) in [6.07, 6.45) is 10.2. The summed E-state index contributed by atoms with van der Waals surface area (Å²) in [5, 5.41) is 4.00. The summed E-state index contributed by atoms with van der Waals surface area (Å²) >= 11 is 0. The number of pyridine rings is 1. The normalized spacial score (nSPS) is 15.4. The van der Waals surface area contributed by atoms with Crippen molar-refractivity contribution >= 4 is 17.7 Å². The van der Waals surface area contributed by atoms with Gasteiger partial charge in [0.05, 0.1) is 17.5 Å². The summed E-state index contributed by atoms with van der Waals surface area (Å²) in [6, 6.07) is 3.84. The summed E-state index contributed by atoms with van der Waals surface area (Å²) in [5.74, 6) is 0.376. The number of hydrogen-bond acceptors (Lipinski definition) is 6. The summed E-state index contributed by atoms with van der Waals surface area (Å²) in [4.78, 5) is 29.0. The van der Waals surface area contributed by atoms with E-state index < -0.39 is 0 Å². The van der Waals surface area contributed by atoms with Crippen LogP contribution >= 0.6 is 0 Å². The van der Waals surface area contributed by atoms with Crippen LogP contribution in [0.4, 0.5) is 5.95 Å². The van der Waals surface area contributed by atoms with Gasteiger partial charge in [-0.3, -0.25) is 14.5 Å². The predicted molar refractivity (Wildman–Crippen MR) is 104 cm³/mol. The number of aliphatic imine (C=N–C) groups is 1. The Morgan fingerprint density at radius 2 is 1.93 bits per heavy atom. The van der Waals surface area contributed by atoms with E-state index in [1.54, 1.807) is 36.5 Å². The number of aromatic nitrogens is 5. The number of carbonyl (C=O) groups is 1. The fourth-order valence-corrected chi connectivity index (χ4v) is 3.13. The monoisotopic (exact) mass is 376 g/mol.